The normalized spacial score (nSPS) is 10.5. The smallest absolute Gasteiger partial charge is 0.191 e. The highest BCUT2D eigenvalue weighted by molar-refractivity contribution is 7.98. The molecule has 78 valence electrons. The third kappa shape index (κ3) is 2.44. The van der Waals surface area contributed by atoms with E-state index in [0.29, 0.717) is 11.6 Å². The summed E-state index contributed by atoms with van der Waals surface area (Å²) in [6.45, 7) is 0. The average Bonchev–Trinajstić information content (AvgIpc) is 2.63. The highest BCUT2D eigenvalue weighted by atomic mass is 32.2. The number of aromatic nitrogens is 5. The lowest BCUT2D eigenvalue weighted by Gasteiger charge is -1.99. The van der Waals surface area contributed by atoms with Crippen molar-refractivity contribution in [2.75, 3.05) is 5.73 Å². The zero-order chi connectivity index (χ0) is 10.7. The second-order valence-electron chi connectivity index (χ2n) is 2.95. The van der Waals surface area contributed by atoms with Crippen LogP contribution in [-0.4, -0.2) is 24.7 Å². The molecule has 2 heterocycles. The monoisotopic (exact) mass is 222 g/mol. The van der Waals surface area contributed by atoms with Gasteiger partial charge in [-0.2, -0.15) is 0 Å². The van der Waals surface area contributed by atoms with Gasteiger partial charge >= 0.3 is 0 Å². The van der Waals surface area contributed by atoms with Crippen molar-refractivity contribution in [3.8, 4) is 0 Å². The van der Waals surface area contributed by atoms with Crippen molar-refractivity contribution in [3.63, 3.8) is 0 Å². The maximum atomic E-state index is 5.43. The molecule has 7 heteroatoms. The number of hydrogen-bond acceptors (Lipinski definition) is 6. The molecule has 0 aliphatic heterocycles. The molecule has 0 unspecified atom stereocenters. The zero-order valence-corrected chi connectivity index (χ0v) is 8.98. The first-order valence-corrected chi connectivity index (χ1v) is 5.27. The molecular weight excluding hydrogens is 212 g/mol. The Labute approximate surface area is 90.9 Å². The van der Waals surface area contributed by atoms with E-state index in [1.165, 1.54) is 0 Å². The van der Waals surface area contributed by atoms with E-state index in [9.17, 15) is 0 Å². The lowest BCUT2D eigenvalue weighted by Crippen LogP contribution is -1.95. The van der Waals surface area contributed by atoms with Crippen molar-refractivity contribution < 1.29 is 0 Å². The zero-order valence-electron chi connectivity index (χ0n) is 8.16. The number of hydrogen-bond donors (Lipinski definition) is 1. The van der Waals surface area contributed by atoms with Gasteiger partial charge in [0.05, 0.1) is 18.1 Å². The van der Waals surface area contributed by atoms with Crippen LogP contribution in [-0.2, 0) is 12.8 Å². The molecule has 0 aromatic carbocycles. The summed E-state index contributed by atoms with van der Waals surface area (Å²) in [6, 6.07) is 0. The number of anilines is 1. The van der Waals surface area contributed by atoms with Gasteiger partial charge in [0.15, 0.2) is 5.16 Å². The van der Waals surface area contributed by atoms with Crippen LogP contribution in [0.25, 0.3) is 0 Å². The average molecular weight is 222 g/mol. The molecule has 0 aliphatic rings. The summed E-state index contributed by atoms with van der Waals surface area (Å²) >= 11 is 1.56. The maximum Gasteiger partial charge on any atom is 0.191 e. The Kier molecular flexibility index (Phi) is 2.82. The summed E-state index contributed by atoms with van der Waals surface area (Å²) < 4.78 is 1.86. The summed E-state index contributed by atoms with van der Waals surface area (Å²) in [5.74, 6) is 1.14. The van der Waals surface area contributed by atoms with Crippen LogP contribution < -0.4 is 5.73 Å². The van der Waals surface area contributed by atoms with Crippen LogP contribution in [0.4, 0.5) is 5.82 Å². The fraction of sp³-hybridized carbons (Fsp3) is 0.250. The molecule has 0 amide bonds. The number of aryl methyl sites for hydroxylation is 1. The maximum absolute atomic E-state index is 5.43. The van der Waals surface area contributed by atoms with Crippen LogP contribution in [0.3, 0.4) is 0 Å². The van der Waals surface area contributed by atoms with Crippen molar-refractivity contribution in [3.05, 3.63) is 24.4 Å². The van der Waals surface area contributed by atoms with E-state index in [0.717, 1.165) is 10.9 Å². The Bertz CT molecular complexity index is 437. The van der Waals surface area contributed by atoms with Gasteiger partial charge in [-0.15, -0.1) is 10.2 Å². The largest absolute Gasteiger partial charge is 0.382 e. The van der Waals surface area contributed by atoms with Crippen LogP contribution in [0, 0.1) is 0 Å². The Morgan fingerprint density at radius 2 is 2.27 bits per heavy atom. The van der Waals surface area contributed by atoms with Crippen LogP contribution >= 0.6 is 11.8 Å². The predicted molar refractivity (Wildman–Crippen MR) is 57.0 cm³/mol. The predicted octanol–water partition coefficient (Wildman–Crippen LogP) is 0.480. The molecule has 2 N–H and O–H groups in total. The van der Waals surface area contributed by atoms with Crippen molar-refractivity contribution in [1.82, 2.24) is 24.7 Å². The number of nitrogen functional groups attached to an aromatic ring is 1. The first-order valence-electron chi connectivity index (χ1n) is 4.29. The Morgan fingerprint density at radius 1 is 1.40 bits per heavy atom. The highest BCUT2D eigenvalue weighted by Gasteiger charge is 2.02. The van der Waals surface area contributed by atoms with Crippen LogP contribution in [0.1, 0.15) is 5.69 Å². The van der Waals surface area contributed by atoms with Crippen LogP contribution in [0.15, 0.2) is 23.9 Å². The molecule has 0 saturated heterocycles. The van der Waals surface area contributed by atoms with Crippen LogP contribution in [0.5, 0.6) is 0 Å². The van der Waals surface area contributed by atoms with E-state index < -0.39 is 0 Å². The van der Waals surface area contributed by atoms with Crippen molar-refractivity contribution in [2.24, 2.45) is 7.05 Å². The number of thioether (sulfide) groups is 1. The minimum atomic E-state index is 0.433. The van der Waals surface area contributed by atoms with Crippen LogP contribution in [0.2, 0.25) is 0 Å². The quantitative estimate of drug-likeness (QED) is 0.760. The topological polar surface area (TPSA) is 82.5 Å². The minimum Gasteiger partial charge on any atom is -0.382 e. The Morgan fingerprint density at radius 3 is 2.87 bits per heavy atom. The van der Waals surface area contributed by atoms with Gasteiger partial charge in [-0.05, 0) is 0 Å². The van der Waals surface area contributed by atoms with Crippen molar-refractivity contribution >= 4 is 17.6 Å². The van der Waals surface area contributed by atoms with Gasteiger partial charge in [0, 0.05) is 12.8 Å². The number of nitrogens with two attached hydrogens (primary N) is 1. The number of nitrogens with zero attached hydrogens (tertiary/aromatic N) is 5. The first-order chi connectivity index (χ1) is 7.25. The molecule has 0 spiro atoms. The molecule has 0 aliphatic carbocycles. The third-order valence-corrected chi connectivity index (χ3v) is 2.81. The fourth-order valence-electron chi connectivity index (χ4n) is 0.981. The molecule has 6 nitrogen and oxygen atoms in total. The van der Waals surface area contributed by atoms with E-state index in [2.05, 4.69) is 20.2 Å². The molecule has 0 bridgehead atoms. The summed E-state index contributed by atoms with van der Waals surface area (Å²) in [4.78, 5) is 8.10. The molecule has 2 aromatic heterocycles. The molecule has 0 atom stereocenters. The summed E-state index contributed by atoms with van der Waals surface area (Å²) in [5, 5.41) is 8.59. The van der Waals surface area contributed by atoms with E-state index in [4.69, 9.17) is 5.73 Å². The summed E-state index contributed by atoms with van der Waals surface area (Å²) in [7, 11) is 1.90. The highest BCUT2D eigenvalue weighted by Crippen LogP contribution is 2.17. The number of rotatable bonds is 3. The SMILES string of the molecule is Cn1cnnc1SCc1cnc(N)cn1. The van der Waals surface area contributed by atoms with Gasteiger partial charge in [0.1, 0.15) is 12.1 Å². The second kappa shape index (κ2) is 4.26. The summed E-state index contributed by atoms with van der Waals surface area (Å²) in [6.07, 6.45) is 4.88. The molecule has 15 heavy (non-hydrogen) atoms. The fourth-order valence-corrected chi connectivity index (χ4v) is 1.76. The van der Waals surface area contributed by atoms with E-state index in [1.54, 1.807) is 30.5 Å². The molecular formula is C8H10N6S. The second-order valence-corrected chi connectivity index (χ2v) is 3.89. The minimum absolute atomic E-state index is 0.433. The van der Waals surface area contributed by atoms with E-state index >= 15 is 0 Å². The molecule has 2 aromatic rings. The Hall–Kier alpha value is -1.63. The van der Waals surface area contributed by atoms with E-state index in [-0.39, 0.29) is 0 Å². The van der Waals surface area contributed by atoms with Gasteiger partial charge in [0.2, 0.25) is 0 Å². The van der Waals surface area contributed by atoms with Gasteiger partial charge in [0.25, 0.3) is 0 Å². The summed E-state index contributed by atoms with van der Waals surface area (Å²) in [5.41, 5.74) is 6.31. The Balaban J connectivity index is 1.99. The van der Waals surface area contributed by atoms with Crippen molar-refractivity contribution in [1.29, 1.82) is 0 Å². The van der Waals surface area contributed by atoms with Gasteiger partial charge in [-0.3, -0.25) is 4.98 Å². The van der Waals surface area contributed by atoms with E-state index in [1.807, 2.05) is 11.6 Å². The molecule has 0 fully saturated rings. The molecule has 0 radical (unpaired) electrons. The van der Waals surface area contributed by atoms with Gasteiger partial charge in [-0.25, -0.2) is 4.98 Å². The standard InChI is InChI=1S/C8H10N6S/c1-14-5-12-13-8(14)15-4-6-2-11-7(9)3-10-6/h2-3,5H,4H2,1H3,(H2,9,11). The lowest BCUT2D eigenvalue weighted by molar-refractivity contribution is 0.788. The first kappa shape index (κ1) is 9.91. The lowest BCUT2D eigenvalue weighted by atomic mass is 10.5. The van der Waals surface area contributed by atoms with Crippen molar-refractivity contribution in [2.45, 2.75) is 10.9 Å². The molecule has 0 saturated carbocycles. The third-order valence-electron chi connectivity index (χ3n) is 1.74. The molecule has 2 rings (SSSR count). The van der Waals surface area contributed by atoms with Gasteiger partial charge in [-0.1, -0.05) is 11.8 Å². The van der Waals surface area contributed by atoms with Gasteiger partial charge < -0.3 is 10.3 Å².